The molecule has 2 radical (unpaired) electrons. The van der Waals surface area contributed by atoms with Crippen LogP contribution in [0.5, 0.6) is 0 Å². The maximum absolute atomic E-state index is 8.50. The Labute approximate surface area is 68.9 Å². The zero-order valence-corrected chi connectivity index (χ0v) is 7.32. The third-order valence-corrected chi connectivity index (χ3v) is 1.96. The summed E-state index contributed by atoms with van der Waals surface area (Å²) in [6.45, 7) is 1.92. The van der Waals surface area contributed by atoms with Crippen LogP contribution in [0.25, 0.3) is 0 Å². The molecule has 0 aliphatic carbocycles. The summed E-state index contributed by atoms with van der Waals surface area (Å²) < 4.78 is 5.01. The van der Waals surface area contributed by atoms with Gasteiger partial charge in [0.05, 0.1) is 6.10 Å². The van der Waals surface area contributed by atoms with Gasteiger partial charge in [0.2, 0.25) is 0 Å². The highest BCUT2D eigenvalue weighted by molar-refractivity contribution is 6.15. The zero-order chi connectivity index (χ0) is 8.10. The van der Waals surface area contributed by atoms with E-state index in [9.17, 15) is 0 Å². The van der Waals surface area contributed by atoms with Crippen LogP contribution in [0, 0.1) is 0 Å². The molecule has 0 aliphatic rings. The summed E-state index contributed by atoms with van der Waals surface area (Å²) >= 11 is 0. The van der Waals surface area contributed by atoms with Crippen LogP contribution in [0.15, 0.2) is 30.3 Å². The lowest BCUT2D eigenvalue weighted by Crippen LogP contribution is -2.03. The third kappa shape index (κ3) is 2.46. The highest BCUT2D eigenvalue weighted by atomic mass is 28.2. The molecule has 11 heavy (non-hydrogen) atoms. The molecular formula is C8H10O2Si. The molecule has 0 aromatic heterocycles. The summed E-state index contributed by atoms with van der Waals surface area (Å²) in [4.78, 5) is 8.50. The van der Waals surface area contributed by atoms with Gasteiger partial charge >= 0.3 is 10.0 Å². The van der Waals surface area contributed by atoms with E-state index in [1.165, 1.54) is 0 Å². The molecule has 2 nitrogen and oxygen atoms in total. The smallest absolute Gasteiger partial charge is 0.409 e. The average molecular weight is 166 g/mol. The Morgan fingerprint density at radius 3 is 2.55 bits per heavy atom. The van der Waals surface area contributed by atoms with Crippen LogP contribution >= 0.6 is 0 Å². The molecule has 0 bridgehead atoms. The molecule has 0 saturated heterocycles. The van der Waals surface area contributed by atoms with E-state index >= 15 is 0 Å². The van der Waals surface area contributed by atoms with Crippen molar-refractivity contribution in [2.24, 2.45) is 0 Å². The van der Waals surface area contributed by atoms with Crippen molar-refractivity contribution in [1.82, 2.24) is 0 Å². The summed E-state index contributed by atoms with van der Waals surface area (Å²) in [6.07, 6.45) is -0.0143. The molecule has 0 spiro atoms. The molecule has 0 aliphatic heterocycles. The summed E-state index contributed by atoms with van der Waals surface area (Å²) in [5.74, 6) is 0. The first-order valence-corrected chi connectivity index (χ1v) is 4.30. The van der Waals surface area contributed by atoms with Crippen molar-refractivity contribution < 1.29 is 9.22 Å². The summed E-state index contributed by atoms with van der Waals surface area (Å²) in [6, 6.07) is 9.82. The van der Waals surface area contributed by atoms with Gasteiger partial charge in [-0.2, -0.15) is 0 Å². The Bertz CT molecular complexity index is 201. The molecule has 0 heterocycles. The first kappa shape index (κ1) is 8.45. The van der Waals surface area contributed by atoms with Crippen LogP contribution in [-0.2, 0) is 4.43 Å². The van der Waals surface area contributed by atoms with Crippen molar-refractivity contribution in [1.29, 1.82) is 0 Å². The molecule has 3 heteroatoms. The second-order valence-corrected chi connectivity index (χ2v) is 2.68. The van der Waals surface area contributed by atoms with Gasteiger partial charge in [-0.25, -0.2) is 0 Å². The Kier molecular flexibility index (Phi) is 3.29. The molecule has 58 valence electrons. The predicted molar refractivity (Wildman–Crippen MR) is 43.9 cm³/mol. The monoisotopic (exact) mass is 166 g/mol. The first-order chi connectivity index (χ1) is 5.34. The topological polar surface area (TPSA) is 29.5 Å². The fourth-order valence-electron chi connectivity index (χ4n) is 0.871. The molecule has 1 unspecified atom stereocenters. The molecule has 1 aromatic rings. The van der Waals surface area contributed by atoms with Crippen molar-refractivity contribution in [3.63, 3.8) is 0 Å². The second kappa shape index (κ2) is 4.28. The van der Waals surface area contributed by atoms with E-state index in [1.54, 1.807) is 0 Å². The molecule has 1 N–H and O–H groups in total. The lowest BCUT2D eigenvalue weighted by atomic mass is 10.1. The molecule has 1 rings (SSSR count). The number of benzene rings is 1. The highest BCUT2D eigenvalue weighted by Gasteiger charge is 2.03. The van der Waals surface area contributed by atoms with Crippen LogP contribution in [-0.4, -0.2) is 14.8 Å². The fraction of sp³-hybridized carbons (Fsp3) is 0.250. The maximum Gasteiger partial charge on any atom is 0.430 e. The third-order valence-electron chi connectivity index (χ3n) is 1.50. The first-order valence-electron chi connectivity index (χ1n) is 3.44. The number of hydrogen-bond acceptors (Lipinski definition) is 2. The molecule has 1 aromatic carbocycles. The van der Waals surface area contributed by atoms with Crippen LogP contribution in [0.3, 0.4) is 0 Å². The van der Waals surface area contributed by atoms with Gasteiger partial charge in [0.1, 0.15) is 0 Å². The molecule has 0 saturated carbocycles. The van der Waals surface area contributed by atoms with Crippen LogP contribution in [0.1, 0.15) is 18.6 Å². The average Bonchev–Trinajstić information content (AvgIpc) is 2.07. The minimum absolute atomic E-state index is 0.0143. The van der Waals surface area contributed by atoms with Crippen molar-refractivity contribution in [3.8, 4) is 0 Å². The van der Waals surface area contributed by atoms with E-state index in [4.69, 9.17) is 9.22 Å². The van der Waals surface area contributed by atoms with E-state index in [0.29, 0.717) is 0 Å². The highest BCUT2D eigenvalue weighted by Crippen LogP contribution is 2.14. The van der Waals surface area contributed by atoms with Gasteiger partial charge in [-0.15, -0.1) is 0 Å². The van der Waals surface area contributed by atoms with E-state index in [1.807, 2.05) is 37.3 Å². The van der Waals surface area contributed by atoms with E-state index in [2.05, 4.69) is 0 Å². The summed E-state index contributed by atoms with van der Waals surface area (Å²) in [7, 11) is -0.436. The zero-order valence-electron chi connectivity index (χ0n) is 6.32. The summed E-state index contributed by atoms with van der Waals surface area (Å²) in [5.41, 5.74) is 1.09. The van der Waals surface area contributed by atoms with Gasteiger partial charge in [-0.05, 0) is 12.5 Å². The minimum atomic E-state index is -0.436. The minimum Gasteiger partial charge on any atom is -0.409 e. The van der Waals surface area contributed by atoms with Crippen molar-refractivity contribution >= 4 is 10.0 Å². The van der Waals surface area contributed by atoms with Gasteiger partial charge in [0.15, 0.2) is 0 Å². The normalized spacial score (nSPS) is 12.9. The molecule has 0 amide bonds. The standard InChI is InChI=1S/C8H10O2Si/c1-7(10-11-9)8-5-3-2-4-6-8/h2-7,9H,1H3. The molecular weight excluding hydrogens is 156 g/mol. The lowest BCUT2D eigenvalue weighted by molar-refractivity contribution is 0.204. The molecule has 1 atom stereocenters. The van der Waals surface area contributed by atoms with Gasteiger partial charge in [0.25, 0.3) is 0 Å². The lowest BCUT2D eigenvalue weighted by Gasteiger charge is -2.09. The second-order valence-electron chi connectivity index (χ2n) is 2.26. The quantitative estimate of drug-likeness (QED) is 0.686. The Morgan fingerprint density at radius 2 is 2.00 bits per heavy atom. The van der Waals surface area contributed by atoms with E-state index < -0.39 is 10.0 Å². The number of rotatable bonds is 3. The Balaban J connectivity index is 2.61. The van der Waals surface area contributed by atoms with Gasteiger partial charge in [-0.1, -0.05) is 30.3 Å². The summed E-state index contributed by atoms with van der Waals surface area (Å²) in [5, 5.41) is 0. The van der Waals surface area contributed by atoms with Crippen molar-refractivity contribution in [2.45, 2.75) is 13.0 Å². The Morgan fingerprint density at radius 1 is 1.36 bits per heavy atom. The van der Waals surface area contributed by atoms with Crippen molar-refractivity contribution in [3.05, 3.63) is 35.9 Å². The van der Waals surface area contributed by atoms with Gasteiger partial charge in [-0.3, -0.25) is 0 Å². The van der Waals surface area contributed by atoms with Crippen LogP contribution in [0.2, 0.25) is 0 Å². The van der Waals surface area contributed by atoms with Crippen molar-refractivity contribution in [2.75, 3.05) is 0 Å². The SMILES string of the molecule is CC(O[Si]O)c1ccccc1. The van der Waals surface area contributed by atoms with E-state index in [-0.39, 0.29) is 6.10 Å². The predicted octanol–water partition coefficient (Wildman–Crippen LogP) is 1.29. The maximum atomic E-state index is 8.50. The van der Waals surface area contributed by atoms with Crippen LogP contribution in [0.4, 0.5) is 0 Å². The van der Waals surface area contributed by atoms with Gasteiger partial charge < -0.3 is 9.22 Å². The molecule has 0 fully saturated rings. The van der Waals surface area contributed by atoms with Crippen LogP contribution < -0.4 is 0 Å². The largest absolute Gasteiger partial charge is 0.430 e. The van der Waals surface area contributed by atoms with Gasteiger partial charge in [0, 0.05) is 0 Å². The fourth-order valence-corrected chi connectivity index (χ4v) is 1.17. The van der Waals surface area contributed by atoms with E-state index in [0.717, 1.165) is 5.56 Å². The number of hydrogen-bond donors (Lipinski definition) is 1. The Hall–Kier alpha value is -0.643.